The standard InChI is InChI=1S/C20H23N5/c1-2-5-17-20(9-11-21-12-20)15-6-3-4-7-16(15)25(17)19-14-8-10-22-18(14)23-13-24-19/h3-4,6-8,10,13,17,21H,2,5,9,11-12H2,1H3,(H,22,23,24). The monoisotopic (exact) mass is 333 g/mol. The van der Waals surface area contributed by atoms with Gasteiger partial charge in [-0.05, 0) is 37.1 Å². The van der Waals surface area contributed by atoms with Crippen molar-refractivity contribution in [2.24, 2.45) is 0 Å². The highest BCUT2D eigenvalue weighted by molar-refractivity contribution is 5.91. The van der Waals surface area contributed by atoms with Crippen LogP contribution in [0.3, 0.4) is 0 Å². The van der Waals surface area contributed by atoms with E-state index >= 15 is 0 Å². The van der Waals surface area contributed by atoms with E-state index in [1.54, 1.807) is 6.33 Å². The smallest absolute Gasteiger partial charge is 0.146 e. The zero-order valence-corrected chi connectivity index (χ0v) is 14.5. The van der Waals surface area contributed by atoms with Crippen LogP contribution in [0.2, 0.25) is 0 Å². The third-order valence-corrected chi connectivity index (χ3v) is 5.96. The quantitative estimate of drug-likeness (QED) is 0.770. The Morgan fingerprint density at radius 3 is 3.00 bits per heavy atom. The number of fused-ring (bicyclic) bond motifs is 3. The third-order valence-electron chi connectivity index (χ3n) is 5.96. The van der Waals surface area contributed by atoms with Gasteiger partial charge in [0.1, 0.15) is 17.8 Å². The Hall–Kier alpha value is -2.40. The molecule has 4 heterocycles. The number of para-hydroxylation sites is 1. The van der Waals surface area contributed by atoms with Gasteiger partial charge in [-0.1, -0.05) is 31.5 Å². The predicted molar refractivity (Wildman–Crippen MR) is 100 cm³/mol. The highest BCUT2D eigenvalue weighted by Crippen LogP contribution is 2.53. The van der Waals surface area contributed by atoms with E-state index in [9.17, 15) is 0 Å². The van der Waals surface area contributed by atoms with Gasteiger partial charge in [-0.2, -0.15) is 0 Å². The van der Waals surface area contributed by atoms with Crippen molar-refractivity contribution in [2.45, 2.75) is 37.6 Å². The molecule has 5 rings (SSSR count). The first kappa shape index (κ1) is 14.9. The van der Waals surface area contributed by atoms with Gasteiger partial charge in [-0.25, -0.2) is 9.97 Å². The first-order valence-electron chi connectivity index (χ1n) is 9.23. The van der Waals surface area contributed by atoms with Crippen molar-refractivity contribution in [3.05, 3.63) is 48.4 Å². The number of nitrogens with one attached hydrogen (secondary N) is 2. The molecule has 2 unspecified atom stereocenters. The van der Waals surface area contributed by atoms with E-state index in [-0.39, 0.29) is 5.41 Å². The topological polar surface area (TPSA) is 56.8 Å². The Labute approximate surface area is 147 Å². The van der Waals surface area contributed by atoms with Gasteiger partial charge < -0.3 is 15.2 Å². The second-order valence-corrected chi connectivity index (χ2v) is 7.21. The maximum absolute atomic E-state index is 4.72. The molecule has 3 aromatic rings. The summed E-state index contributed by atoms with van der Waals surface area (Å²) in [6, 6.07) is 11.4. The molecule has 0 saturated carbocycles. The van der Waals surface area contributed by atoms with Crippen molar-refractivity contribution in [1.82, 2.24) is 20.3 Å². The van der Waals surface area contributed by atoms with E-state index in [0.29, 0.717) is 6.04 Å². The summed E-state index contributed by atoms with van der Waals surface area (Å²) in [6.07, 6.45) is 7.14. The van der Waals surface area contributed by atoms with Gasteiger partial charge in [0, 0.05) is 29.9 Å². The summed E-state index contributed by atoms with van der Waals surface area (Å²) >= 11 is 0. The molecule has 1 fully saturated rings. The Balaban J connectivity index is 1.76. The second-order valence-electron chi connectivity index (χ2n) is 7.21. The van der Waals surface area contributed by atoms with Crippen LogP contribution in [0.15, 0.2) is 42.9 Å². The van der Waals surface area contributed by atoms with Crippen molar-refractivity contribution in [2.75, 3.05) is 18.0 Å². The summed E-state index contributed by atoms with van der Waals surface area (Å²) in [5.41, 5.74) is 3.87. The average Bonchev–Trinajstić information content (AvgIpc) is 3.36. The van der Waals surface area contributed by atoms with Crippen LogP contribution in [-0.4, -0.2) is 34.1 Å². The summed E-state index contributed by atoms with van der Waals surface area (Å²) in [5.74, 6) is 1.03. The number of benzene rings is 1. The number of hydrogen-bond acceptors (Lipinski definition) is 4. The molecule has 0 aliphatic carbocycles. The number of rotatable bonds is 3. The third kappa shape index (κ3) is 1.99. The first-order valence-corrected chi connectivity index (χ1v) is 9.23. The number of H-pyrrole nitrogens is 1. The maximum Gasteiger partial charge on any atom is 0.146 e. The molecule has 2 aliphatic heterocycles. The van der Waals surface area contributed by atoms with Crippen molar-refractivity contribution < 1.29 is 0 Å². The number of aromatic amines is 1. The van der Waals surface area contributed by atoms with Crippen LogP contribution in [0.4, 0.5) is 11.5 Å². The number of hydrogen-bond donors (Lipinski definition) is 2. The van der Waals surface area contributed by atoms with E-state index in [1.165, 1.54) is 17.7 Å². The predicted octanol–water partition coefficient (Wildman–Crippen LogP) is 3.51. The number of nitrogens with zero attached hydrogens (tertiary/aromatic N) is 3. The van der Waals surface area contributed by atoms with Crippen LogP contribution >= 0.6 is 0 Å². The Morgan fingerprint density at radius 2 is 2.16 bits per heavy atom. The Kier molecular flexibility index (Phi) is 3.31. The van der Waals surface area contributed by atoms with Crippen LogP contribution in [0.25, 0.3) is 11.0 Å². The zero-order chi connectivity index (χ0) is 16.9. The van der Waals surface area contributed by atoms with Gasteiger partial charge in [0.2, 0.25) is 0 Å². The van der Waals surface area contributed by atoms with Crippen molar-refractivity contribution in [3.63, 3.8) is 0 Å². The van der Waals surface area contributed by atoms with Crippen molar-refractivity contribution in [3.8, 4) is 0 Å². The largest absolute Gasteiger partial charge is 0.346 e. The lowest BCUT2D eigenvalue weighted by Gasteiger charge is -2.36. The van der Waals surface area contributed by atoms with Gasteiger partial charge in [-0.3, -0.25) is 0 Å². The normalized spacial score (nSPS) is 25.2. The molecule has 2 atom stereocenters. The van der Waals surface area contributed by atoms with Crippen LogP contribution < -0.4 is 10.2 Å². The molecule has 2 N–H and O–H groups in total. The van der Waals surface area contributed by atoms with Gasteiger partial charge >= 0.3 is 0 Å². The van der Waals surface area contributed by atoms with Crippen molar-refractivity contribution >= 4 is 22.5 Å². The Bertz CT molecular complexity index is 909. The van der Waals surface area contributed by atoms with Crippen LogP contribution in [0.5, 0.6) is 0 Å². The molecule has 0 amide bonds. The SMILES string of the molecule is CCCC1N(c2ncnc3[nH]ccc23)c2ccccc2C12CCNC2. The summed E-state index contributed by atoms with van der Waals surface area (Å²) in [6.45, 7) is 4.42. The lowest BCUT2D eigenvalue weighted by molar-refractivity contribution is 0.375. The minimum Gasteiger partial charge on any atom is -0.346 e. The summed E-state index contributed by atoms with van der Waals surface area (Å²) in [7, 11) is 0. The van der Waals surface area contributed by atoms with Gasteiger partial charge in [0.15, 0.2) is 0 Å². The molecule has 2 aromatic heterocycles. The molecule has 128 valence electrons. The average molecular weight is 333 g/mol. The molecule has 1 saturated heterocycles. The van der Waals surface area contributed by atoms with Crippen LogP contribution in [0, 0.1) is 0 Å². The van der Waals surface area contributed by atoms with Crippen LogP contribution in [-0.2, 0) is 5.41 Å². The van der Waals surface area contributed by atoms with E-state index < -0.39 is 0 Å². The fraction of sp³-hybridized carbons (Fsp3) is 0.400. The van der Waals surface area contributed by atoms with E-state index in [2.05, 4.69) is 57.4 Å². The lowest BCUT2D eigenvalue weighted by atomic mass is 9.74. The minimum atomic E-state index is 0.181. The summed E-state index contributed by atoms with van der Waals surface area (Å²) < 4.78 is 0. The molecule has 0 radical (unpaired) electrons. The van der Waals surface area contributed by atoms with Crippen LogP contribution in [0.1, 0.15) is 31.7 Å². The minimum absolute atomic E-state index is 0.181. The number of aromatic nitrogens is 3. The van der Waals surface area contributed by atoms with E-state index in [4.69, 9.17) is 4.98 Å². The van der Waals surface area contributed by atoms with Gasteiger partial charge in [0.05, 0.1) is 5.39 Å². The lowest BCUT2D eigenvalue weighted by Crippen LogP contribution is -2.44. The zero-order valence-electron chi connectivity index (χ0n) is 14.5. The molecule has 0 bridgehead atoms. The van der Waals surface area contributed by atoms with Crippen molar-refractivity contribution in [1.29, 1.82) is 0 Å². The highest BCUT2D eigenvalue weighted by atomic mass is 15.3. The molecule has 1 spiro atoms. The Morgan fingerprint density at radius 1 is 1.24 bits per heavy atom. The first-order chi connectivity index (χ1) is 12.3. The molecular weight excluding hydrogens is 310 g/mol. The number of anilines is 2. The maximum atomic E-state index is 4.72. The summed E-state index contributed by atoms with van der Waals surface area (Å²) in [5, 5.41) is 4.72. The molecule has 1 aromatic carbocycles. The molecule has 25 heavy (non-hydrogen) atoms. The fourth-order valence-corrected chi connectivity index (χ4v) is 4.92. The molecule has 5 heteroatoms. The van der Waals surface area contributed by atoms with Gasteiger partial charge in [0.25, 0.3) is 0 Å². The van der Waals surface area contributed by atoms with Gasteiger partial charge in [-0.15, -0.1) is 0 Å². The van der Waals surface area contributed by atoms with E-state index in [0.717, 1.165) is 42.8 Å². The molecule has 2 aliphatic rings. The molecule has 5 nitrogen and oxygen atoms in total. The fourth-order valence-electron chi connectivity index (χ4n) is 4.92. The molecular formula is C20H23N5. The van der Waals surface area contributed by atoms with E-state index in [1.807, 2.05) is 6.20 Å². The highest BCUT2D eigenvalue weighted by Gasteiger charge is 2.52. The second kappa shape index (κ2) is 5.56. The summed E-state index contributed by atoms with van der Waals surface area (Å²) in [4.78, 5) is 14.8.